The minimum absolute atomic E-state index is 0.0116. The quantitative estimate of drug-likeness (QED) is 0.772. The molecule has 1 unspecified atom stereocenters. The molecule has 2 aliphatic heterocycles. The minimum Gasteiger partial charge on any atom is -0.484 e. The van der Waals surface area contributed by atoms with E-state index in [1.807, 2.05) is 36.1 Å². The highest BCUT2D eigenvalue weighted by Gasteiger charge is 2.41. The summed E-state index contributed by atoms with van der Waals surface area (Å²) in [5.41, 5.74) is 0.857. The molecule has 2 fully saturated rings. The number of carbonyl (C=O) groups excluding carboxylic acids is 1. The maximum absolute atomic E-state index is 12.5. The van der Waals surface area contributed by atoms with E-state index in [1.54, 1.807) is 0 Å². The number of nitrogens with zero attached hydrogens (tertiary/aromatic N) is 1. The van der Waals surface area contributed by atoms with Crippen molar-refractivity contribution in [2.45, 2.75) is 38.2 Å². The van der Waals surface area contributed by atoms with Crippen molar-refractivity contribution in [2.24, 2.45) is 5.92 Å². The highest BCUT2D eigenvalue weighted by Crippen LogP contribution is 2.37. The van der Waals surface area contributed by atoms with Gasteiger partial charge in [0.1, 0.15) is 5.75 Å². The van der Waals surface area contributed by atoms with Gasteiger partial charge in [-0.1, -0.05) is 12.1 Å². The number of ether oxygens (including phenoxy) is 2. The Kier molecular flexibility index (Phi) is 6.62. The van der Waals surface area contributed by atoms with Gasteiger partial charge in [0.2, 0.25) is 10.0 Å². The van der Waals surface area contributed by atoms with Crippen LogP contribution in [0.3, 0.4) is 0 Å². The highest BCUT2D eigenvalue weighted by molar-refractivity contribution is 7.88. The average molecular weight is 411 g/mol. The van der Waals surface area contributed by atoms with Gasteiger partial charge in [0, 0.05) is 26.2 Å². The lowest BCUT2D eigenvalue weighted by Crippen LogP contribution is -2.52. The summed E-state index contributed by atoms with van der Waals surface area (Å²) in [5.74, 6) is 0.969. The first-order chi connectivity index (χ1) is 13.2. The number of amides is 1. The number of likely N-dealkylation sites (tertiary alicyclic amines) is 1. The van der Waals surface area contributed by atoms with Gasteiger partial charge < -0.3 is 14.4 Å². The largest absolute Gasteiger partial charge is 0.484 e. The third kappa shape index (κ3) is 5.93. The van der Waals surface area contributed by atoms with Crippen molar-refractivity contribution in [3.8, 4) is 5.75 Å². The van der Waals surface area contributed by atoms with Crippen LogP contribution in [0.15, 0.2) is 24.3 Å². The normalized spacial score (nSPS) is 22.2. The summed E-state index contributed by atoms with van der Waals surface area (Å²) in [6.07, 6.45) is 4.43. The van der Waals surface area contributed by atoms with Crippen LogP contribution in [0, 0.1) is 12.8 Å². The second-order valence-corrected chi connectivity index (χ2v) is 9.83. The molecule has 0 radical (unpaired) electrons. The first kappa shape index (κ1) is 21.1. The Labute approximate surface area is 167 Å². The second-order valence-electron chi connectivity index (χ2n) is 8.00. The molecular formula is C20H30N2O5S. The standard InChI is InChI=1S/C20H30N2O5S/c1-16-4-3-5-18(12-16)26-15-19(23)22-9-7-20(8-10-22)13-17(6-11-27-20)14-21-28(2,24)25/h3-5,12,17,21H,6-11,13-15H2,1-2H3. The number of carbonyl (C=O) groups is 1. The molecule has 0 aliphatic carbocycles. The van der Waals surface area contributed by atoms with Crippen molar-refractivity contribution >= 4 is 15.9 Å². The lowest BCUT2D eigenvalue weighted by molar-refractivity contribution is -0.148. The molecule has 8 heteroatoms. The van der Waals surface area contributed by atoms with Gasteiger partial charge >= 0.3 is 0 Å². The van der Waals surface area contributed by atoms with Crippen molar-refractivity contribution in [1.82, 2.24) is 9.62 Å². The number of sulfonamides is 1. The van der Waals surface area contributed by atoms with Crippen molar-refractivity contribution in [3.63, 3.8) is 0 Å². The number of hydrogen-bond donors (Lipinski definition) is 1. The van der Waals surface area contributed by atoms with Crippen LogP contribution < -0.4 is 9.46 Å². The number of hydrogen-bond acceptors (Lipinski definition) is 5. The van der Waals surface area contributed by atoms with Crippen LogP contribution in [0.5, 0.6) is 5.75 Å². The highest BCUT2D eigenvalue weighted by atomic mass is 32.2. The Morgan fingerprint density at radius 1 is 1.36 bits per heavy atom. The fraction of sp³-hybridized carbons (Fsp3) is 0.650. The van der Waals surface area contributed by atoms with Crippen LogP contribution in [-0.2, 0) is 19.6 Å². The van der Waals surface area contributed by atoms with Crippen molar-refractivity contribution in [3.05, 3.63) is 29.8 Å². The number of piperidine rings is 1. The van der Waals surface area contributed by atoms with E-state index in [1.165, 1.54) is 6.26 Å². The van der Waals surface area contributed by atoms with E-state index in [-0.39, 0.29) is 24.0 Å². The molecule has 28 heavy (non-hydrogen) atoms. The first-order valence-corrected chi connectivity index (χ1v) is 11.7. The first-order valence-electron chi connectivity index (χ1n) is 9.81. The number of rotatable bonds is 6. The number of aryl methyl sites for hydroxylation is 1. The summed E-state index contributed by atoms with van der Waals surface area (Å²) in [6, 6.07) is 7.67. The van der Waals surface area contributed by atoms with E-state index in [9.17, 15) is 13.2 Å². The molecule has 2 saturated heterocycles. The molecule has 0 aromatic heterocycles. The Morgan fingerprint density at radius 3 is 2.79 bits per heavy atom. The SMILES string of the molecule is Cc1cccc(OCC(=O)N2CCC3(CC2)CC(CNS(C)(=O)=O)CCO3)c1. The van der Waals surface area contributed by atoms with E-state index in [2.05, 4.69) is 4.72 Å². The van der Waals surface area contributed by atoms with Gasteiger partial charge in [0.25, 0.3) is 5.91 Å². The summed E-state index contributed by atoms with van der Waals surface area (Å²) in [4.78, 5) is 14.3. The molecule has 3 rings (SSSR count). The second kappa shape index (κ2) is 8.80. The lowest BCUT2D eigenvalue weighted by atomic mass is 9.79. The molecule has 2 heterocycles. The van der Waals surface area contributed by atoms with E-state index in [4.69, 9.17) is 9.47 Å². The van der Waals surface area contributed by atoms with Gasteiger partial charge in [0.05, 0.1) is 11.9 Å². The summed E-state index contributed by atoms with van der Waals surface area (Å²) in [6.45, 7) is 4.40. The van der Waals surface area contributed by atoms with Gasteiger partial charge in [-0.05, 0) is 56.2 Å². The predicted octanol–water partition coefficient (Wildman–Crippen LogP) is 1.71. The topological polar surface area (TPSA) is 84.9 Å². The Hall–Kier alpha value is -1.64. The van der Waals surface area contributed by atoms with Crippen LogP contribution in [0.25, 0.3) is 0 Å². The van der Waals surface area contributed by atoms with Crippen LogP contribution in [0.4, 0.5) is 0 Å². The molecule has 1 aromatic rings. The third-order valence-corrected chi connectivity index (χ3v) is 6.30. The van der Waals surface area contributed by atoms with Gasteiger partial charge in [-0.3, -0.25) is 4.79 Å². The molecule has 1 N–H and O–H groups in total. The Balaban J connectivity index is 1.47. The van der Waals surface area contributed by atoms with E-state index in [0.29, 0.717) is 32.0 Å². The fourth-order valence-corrected chi connectivity index (χ4v) is 4.56. The summed E-state index contributed by atoms with van der Waals surface area (Å²) >= 11 is 0. The van der Waals surface area contributed by atoms with Crippen molar-refractivity contribution in [2.75, 3.05) is 39.1 Å². The van der Waals surface area contributed by atoms with Crippen molar-refractivity contribution < 1.29 is 22.7 Å². The smallest absolute Gasteiger partial charge is 0.260 e. The molecule has 0 saturated carbocycles. The zero-order valence-corrected chi connectivity index (χ0v) is 17.5. The van der Waals surface area contributed by atoms with Gasteiger partial charge in [0.15, 0.2) is 6.61 Å². The molecule has 1 spiro atoms. The van der Waals surface area contributed by atoms with Gasteiger partial charge in [-0.2, -0.15) is 0 Å². The Morgan fingerprint density at radius 2 is 2.11 bits per heavy atom. The average Bonchev–Trinajstić information content (AvgIpc) is 2.65. The number of nitrogens with one attached hydrogen (secondary N) is 1. The van der Waals surface area contributed by atoms with E-state index in [0.717, 1.165) is 31.2 Å². The molecule has 1 amide bonds. The maximum atomic E-state index is 12.5. The summed E-state index contributed by atoms with van der Waals surface area (Å²) in [7, 11) is -3.18. The van der Waals surface area contributed by atoms with Crippen LogP contribution in [0.1, 0.15) is 31.2 Å². The molecule has 7 nitrogen and oxygen atoms in total. The monoisotopic (exact) mass is 410 g/mol. The Bertz CT molecular complexity index is 788. The van der Waals surface area contributed by atoms with Crippen LogP contribution in [-0.4, -0.2) is 63.9 Å². The number of benzene rings is 1. The zero-order valence-electron chi connectivity index (χ0n) is 16.6. The molecule has 1 aromatic carbocycles. The van der Waals surface area contributed by atoms with Crippen LogP contribution in [0.2, 0.25) is 0 Å². The molecular weight excluding hydrogens is 380 g/mol. The minimum atomic E-state index is -3.18. The van der Waals surface area contributed by atoms with Gasteiger partial charge in [-0.25, -0.2) is 13.1 Å². The summed E-state index contributed by atoms with van der Waals surface area (Å²) < 4.78 is 37.0. The van der Waals surface area contributed by atoms with Gasteiger partial charge in [-0.15, -0.1) is 0 Å². The van der Waals surface area contributed by atoms with Crippen LogP contribution >= 0.6 is 0 Å². The maximum Gasteiger partial charge on any atom is 0.260 e. The fourth-order valence-electron chi connectivity index (χ4n) is 4.03. The summed E-state index contributed by atoms with van der Waals surface area (Å²) in [5, 5.41) is 0. The lowest BCUT2D eigenvalue weighted by Gasteiger charge is -2.46. The molecule has 0 bridgehead atoms. The van der Waals surface area contributed by atoms with E-state index >= 15 is 0 Å². The van der Waals surface area contributed by atoms with E-state index < -0.39 is 10.0 Å². The molecule has 1 atom stereocenters. The molecule has 2 aliphatic rings. The molecule has 156 valence electrons. The predicted molar refractivity (Wildman–Crippen MR) is 107 cm³/mol. The zero-order chi connectivity index (χ0) is 20.2. The van der Waals surface area contributed by atoms with Crippen molar-refractivity contribution in [1.29, 1.82) is 0 Å². The third-order valence-electron chi connectivity index (χ3n) is 5.61.